The van der Waals surface area contributed by atoms with Crippen molar-refractivity contribution in [3.05, 3.63) is 0 Å². The van der Waals surface area contributed by atoms with Crippen molar-refractivity contribution in [3.63, 3.8) is 0 Å². The van der Waals surface area contributed by atoms with E-state index >= 15 is 0 Å². The van der Waals surface area contributed by atoms with Crippen molar-refractivity contribution in [1.29, 1.82) is 0 Å². The predicted molar refractivity (Wildman–Crippen MR) is 102 cm³/mol. The van der Waals surface area contributed by atoms with Crippen LogP contribution in [0.2, 0.25) is 0 Å². The minimum absolute atomic E-state index is 0.367. The Bertz CT molecular complexity index is 509. The van der Waals surface area contributed by atoms with Crippen LogP contribution in [-0.4, -0.2) is 23.9 Å². The van der Waals surface area contributed by atoms with E-state index < -0.39 is 5.60 Å². The molecule has 0 saturated heterocycles. The van der Waals surface area contributed by atoms with Crippen molar-refractivity contribution in [2.24, 2.45) is 40.4 Å². The fourth-order valence-corrected chi connectivity index (χ4v) is 8.59. The second-order valence-electron chi connectivity index (χ2n) is 11.1. The van der Waals surface area contributed by atoms with Gasteiger partial charge >= 0.3 is 0 Å². The number of hydrogen-bond donors (Lipinski definition) is 1. The highest BCUT2D eigenvalue weighted by Crippen LogP contribution is 2.68. The van der Waals surface area contributed by atoms with Crippen LogP contribution in [0.15, 0.2) is 0 Å². The van der Waals surface area contributed by atoms with Crippen molar-refractivity contribution < 1.29 is 9.84 Å². The van der Waals surface area contributed by atoms with E-state index in [1.807, 2.05) is 7.11 Å². The molecule has 0 amide bonds. The maximum Gasteiger partial charge on any atom is 0.0625 e. The van der Waals surface area contributed by atoms with Gasteiger partial charge in [0.05, 0.1) is 11.7 Å². The Hall–Kier alpha value is -0.0800. The van der Waals surface area contributed by atoms with Crippen LogP contribution in [0.25, 0.3) is 0 Å². The Morgan fingerprint density at radius 3 is 2.24 bits per heavy atom. The van der Waals surface area contributed by atoms with E-state index in [-0.39, 0.29) is 0 Å². The molecule has 0 aliphatic heterocycles. The highest BCUT2D eigenvalue weighted by Gasteiger charge is 2.61. The van der Waals surface area contributed by atoms with E-state index in [2.05, 4.69) is 27.7 Å². The number of fused-ring (bicyclic) bond motifs is 5. The van der Waals surface area contributed by atoms with E-state index in [9.17, 15) is 5.11 Å². The van der Waals surface area contributed by atoms with Crippen molar-refractivity contribution in [2.45, 2.75) is 97.2 Å². The molecule has 0 bridgehead atoms. The molecule has 4 aliphatic rings. The Kier molecular flexibility index (Phi) is 4.36. The fraction of sp³-hybridized carbons (Fsp3) is 1.00. The molecule has 8 atom stereocenters. The summed E-state index contributed by atoms with van der Waals surface area (Å²) in [6.07, 6.45) is 12.6. The van der Waals surface area contributed by atoms with Crippen LogP contribution < -0.4 is 0 Å². The van der Waals surface area contributed by atoms with Gasteiger partial charge in [0.2, 0.25) is 0 Å². The summed E-state index contributed by atoms with van der Waals surface area (Å²) in [5, 5.41) is 10.8. The van der Waals surface area contributed by atoms with Gasteiger partial charge in [-0.15, -0.1) is 0 Å². The molecule has 0 spiro atoms. The predicted octanol–water partition coefficient (Wildman–Crippen LogP) is 5.43. The van der Waals surface area contributed by atoms with Crippen LogP contribution in [0.4, 0.5) is 0 Å². The lowest BCUT2D eigenvalue weighted by Gasteiger charge is -2.61. The van der Waals surface area contributed by atoms with Crippen molar-refractivity contribution >= 4 is 0 Å². The van der Waals surface area contributed by atoms with Gasteiger partial charge in [0.1, 0.15) is 0 Å². The molecule has 0 radical (unpaired) electrons. The lowest BCUT2D eigenvalue weighted by atomic mass is 9.44. The highest BCUT2D eigenvalue weighted by molar-refractivity contribution is 5.11. The molecule has 1 N–H and O–H groups in total. The molecule has 25 heavy (non-hydrogen) atoms. The summed E-state index contributed by atoms with van der Waals surface area (Å²) in [6.45, 7) is 9.27. The topological polar surface area (TPSA) is 29.5 Å². The minimum Gasteiger partial charge on any atom is -0.390 e. The van der Waals surface area contributed by atoms with E-state index in [1.54, 1.807) is 0 Å². The second kappa shape index (κ2) is 5.96. The number of hydrogen-bond acceptors (Lipinski definition) is 2. The van der Waals surface area contributed by atoms with E-state index in [0.717, 1.165) is 23.7 Å². The summed E-state index contributed by atoms with van der Waals surface area (Å²) in [4.78, 5) is 0. The van der Waals surface area contributed by atoms with Gasteiger partial charge in [0.25, 0.3) is 0 Å². The third-order valence-electron chi connectivity index (χ3n) is 9.80. The van der Waals surface area contributed by atoms with Gasteiger partial charge in [0.15, 0.2) is 0 Å². The Morgan fingerprint density at radius 2 is 1.56 bits per heavy atom. The van der Waals surface area contributed by atoms with Crippen molar-refractivity contribution in [3.8, 4) is 0 Å². The molecule has 4 saturated carbocycles. The summed E-state index contributed by atoms with van der Waals surface area (Å²) in [5.74, 6) is 4.04. The van der Waals surface area contributed by atoms with Crippen LogP contribution in [0.1, 0.15) is 85.5 Å². The zero-order chi connectivity index (χ0) is 18.0. The quantitative estimate of drug-likeness (QED) is 0.721. The average Bonchev–Trinajstić information content (AvgIpc) is 2.91. The van der Waals surface area contributed by atoms with E-state index in [0.29, 0.717) is 22.9 Å². The van der Waals surface area contributed by atoms with Gasteiger partial charge in [-0.25, -0.2) is 0 Å². The molecule has 0 aromatic carbocycles. The third-order valence-corrected chi connectivity index (χ3v) is 9.80. The maximum atomic E-state index is 10.8. The van der Waals surface area contributed by atoms with Gasteiger partial charge in [0, 0.05) is 7.11 Å². The molecular formula is C23H40O2. The molecule has 144 valence electrons. The number of aliphatic hydroxyl groups is 1. The summed E-state index contributed by atoms with van der Waals surface area (Å²) in [6, 6.07) is 0. The van der Waals surface area contributed by atoms with Gasteiger partial charge in [-0.05, 0) is 112 Å². The van der Waals surface area contributed by atoms with Gasteiger partial charge in [-0.1, -0.05) is 13.8 Å². The highest BCUT2D eigenvalue weighted by atomic mass is 16.5. The molecule has 0 aromatic heterocycles. The maximum absolute atomic E-state index is 10.8. The number of methoxy groups -OCH3 is 1. The van der Waals surface area contributed by atoms with Crippen molar-refractivity contribution in [2.75, 3.05) is 7.11 Å². The Morgan fingerprint density at radius 1 is 0.880 bits per heavy atom. The molecule has 2 heteroatoms. The summed E-state index contributed by atoms with van der Waals surface area (Å²) >= 11 is 0. The Labute approximate surface area is 155 Å². The van der Waals surface area contributed by atoms with Gasteiger partial charge in [-0.3, -0.25) is 0 Å². The number of ether oxygens (including phenoxy) is 1. The molecular weight excluding hydrogens is 308 g/mol. The standard InChI is InChI=1S/C23H40O2/c1-21(2,24)20-9-8-18-17-7-6-15-14-16(25-5)10-12-22(15,3)19(17)11-13-23(18,20)4/h15-20,24H,6-14H2,1-5H3. The first-order chi connectivity index (χ1) is 11.7. The number of rotatable bonds is 2. The zero-order valence-electron chi connectivity index (χ0n) is 17.2. The van der Waals surface area contributed by atoms with Crippen LogP contribution in [-0.2, 0) is 4.74 Å². The van der Waals surface area contributed by atoms with Crippen LogP contribution in [0.5, 0.6) is 0 Å². The van der Waals surface area contributed by atoms with Gasteiger partial charge in [-0.2, -0.15) is 0 Å². The first kappa shape index (κ1) is 18.3. The summed E-state index contributed by atoms with van der Waals surface area (Å²) in [5.41, 5.74) is 0.395. The van der Waals surface area contributed by atoms with Crippen molar-refractivity contribution in [1.82, 2.24) is 0 Å². The molecule has 8 unspecified atom stereocenters. The molecule has 2 nitrogen and oxygen atoms in total. The largest absolute Gasteiger partial charge is 0.390 e. The molecule has 4 fully saturated rings. The summed E-state index contributed by atoms with van der Waals surface area (Å²) < 4.78 is 5.73. The monoisotopic (exact) mass is 348 g/mol. The van der Waals surface area contributed by atoms with Crippen LogP contribution >= 0.6 is 0 Å². The van der Waals surface area contributed by atoms with Crippen LogP contribution in [0.3, 0.4) is 0 Å². The lowest BCUT2D eigenvalue weighted by Crippen LogP contribution is -2.55. The third kappa shape index (κ3) is 2.64. The SMILES string of the molecule is COC1CCC2(C)C(CCC3C2CCC2(C)C3CCC2C(C)(C)O)C1. The van der Waals surface area contributed by atoms with E-state index in [1.165, 1.54) is 57.8 Å². The molecule has 4 aliphatic carbocycles. The summed E-state index contributed by atoms with van der Waals surface area (Å²) in [7, 11) is 1.90. The molecule has 0 aromatic rings. The van der Waals surface area contributed by atoms with E-state index in [4.69, 9.17) is 4.74 Å². The normalized spacial score (nSPS) is 53.0. The smallest absolute Gasteiger partial charge is 0.0625 e. The van der Waals surface area contributed by atoms with Gasteiger partial charge < -0.3 is 9.84 Å². The second-order valence-corrected chi connectivity index (χ2v) is 11.1. The molecule has 0 heterocycles. The molecule has 4 rings (SSSR count). The first-order valence-electron chi connectivity index (χ1n) is 11.0. The van der Waals surface area contributed by atoms with Crippen LogP contribution in [0, 0.1) is 40.4 Å². The average molecular weight is 349 g/mol. The first-order valence-corrected chi connectivity index (χ1v) is 11.0. The Balaban J connectivity index is 1.58. The fourth-order valence-electron chi connectivity index (χ4n) is 8.59. The lowest BCUT2D eigenvalue weighted by molar-refractivity contribution is -0.143. The minimum atomic E-state index is -0.520. The zero-order valence-corrected chi connectivity index (χ0v) is 17.2.